The standard InChI is InChI=1S/C13H17FN6O/c1-8-7-10(14)4-3-9(8)5-6-16-11-17-12(20-15)19-13(18-11)21-2/h3-4,7H,5-6,15H2,1-2H3,(H2,16,17,18,19,20). The topological polar surface area (TPSA) is 98.0 Å². The molecule has 1 heterocycles. The first-order valence-corrected chi connectivity index (χ1v) is 6.38. The van der Waals surface area contributed by atoms with E-state index in [-0.39, 0.29) is 17.8 Å². The molecule has 0 aliphatic carbocycles. The lowest BCUT2D eigenvalue weighted by molar-refractivity contribution is 0.379. The first kappa shape index (κ1) is 14.9. The van der Waals surface area contributed by atoms with Gasteiger partial charge in [-0.25, -0.2) is 10.2 Å². The van der Waals surface area contributed by atoms with E-state index in [1.165, 1.54) is 19.2 Å². The van der Waals surface area contributed by atoms with Crippen molar-refractivity contribution in [1.29, 1.82) is 0 Å². The molecule has 0 radical (unpaired) electrons. The van der Waals surface area contributed by atoms with E-state index in [0.29, 0.717) is 18.9 Å². The predicted molar refractivity (Wildman–Crippen MR) is 77.5 cm³/mol. The fourth-order valence-corrected chi connectivity index (χ4v) is 1.84. The highest BCUT2D eigenvalue weighted by Gasteiger charge is 2.06. The Balaban J connectivity index is 1.99. The highest BCUT2D eigenvalue weighted by atomic mass is 19.1. The Morgan fingerprint density at radius 3 is 2.67 bits per heavy atom. The molecular weight excluding hydrogens is 275 g/mol. The number of anilines is 2. The maximum absolute atomic E-state index is 13.0. The second-order valence-electron chi connectivity index (χ2n) is 4.36. The molecule has 8 heteroatoms. The largest absolute Gasteiger partial charge is 0.467 e. The third-order valence-corrected chi connectivity index (χ3v) is 2.91. The van der Waals surface area contributed by atoms with Gasteiger partial charge in [-0.2, -0.15) is 15.0 Å². The van der Waals surface area contributed by atoms with Crippen LogP contribution in [0, 0.1) is 12.7 Å². The van der Waals surface area contributed by atoms with Gasteiger partial charge in [0, 0.05) is 6.54 Å². The molecule has 0 aliphatic rings. The van der Waals surface area contributed by atoms with Gasteiger partial charge in [-0.15, -0.1) is 0 Å². The monoisotopic (exact) mass is 292 g/mol. The average molecular weight is 292 g/mol. The molecule has 112 valence electrons. The number of ether oxygens (including phenoxy) is 1. The number of nitrogens with two attached hydrogens (primary N) is 1. The van der Waals surface area contributed by atoms with Gasteiger partial charge in [0.15, 0.2) is 0 Å². The summed E-state index contributed by atoms with van der Waals surface area (Å²) >= 11 is 0. The molecule has 0 amide bonds. The van der Waals surface area contributed by atoms with Gasteiger partial charge < -0.3 is 10.1 Å². The number of hydrogen-bond acceptors (Lipinski definition) is 7. The fourth-order valence-electron chi connectivity index (χ4n) is 1.84. The Morgan fingerprint density at radius 1 is 1.24 bits per heavy atom. The van der Waals surface area contributed by atoms with E-state index in [1.807, 2.05) is 6.92 Å². The summed E-state index contributed by atoms with van der Waals surface area (Å²) < 4.78 is 18.0. The van der Waals surface area contributed by atoms with Gasteiger partial charge in [0.2, 0.25) is 11.9 Å². The van der Waals surface area contributed by atoms with Crippen molar-refractivity contribution >= 4 is 11.9 Å². The van der Waals surface area contributed by atoms with Gasteiger partial charge in [-0.3, -0.25) is 5.43 Å². The molecule has 1 aromatic heterocycles. The Kier molecular flexibility index (Phi) is 4.83. The quantitative estimate of drug-likeness (QED) is 0.544. The summed E-state index contributed by atoms with van der Waals surface area (Å²) in [6, 6.07) is 4.90. The summed E-state index contributed by atoms with van der Waals surface area (Å²) in [6.07, 6.45) is 0.714. The molecule has 0 unspecified atom stereocenters. The maximum Gasteiger partial charge on any atom is 0.322 e. The highest BCUT2D eigenvalue weighted by Crippen LogP contribution is 2.12. The Hall–Kier alpha value is -2.48. The first-order chi connectivity index (χ1) is 10.1. The Morgan fingerprint density at radius 2 is 2.00 bits per heavy atom. The second kappa shape index (κ2) is 6.80. The molecule has 7 nitrogen and oxygen atoms in total. The first-order valence-electron chi connectivity index (χ1n) is 6.38. The van der Waals surface area contributed by atoms with E-state index >= 15 is 0 Å². The molecule has 2 rings (SSSR count). The van der Waals surface area contributed by atoms with E-state index in [2.05, 4.69) is 25.7 Å². The predicted octanol–water partition coefficient (Wildman–Crippen LogP) is 1.27. The lowest BCUT2D eigenvalue weighted by Crippen LogP contribution is -2.15. The van der Waals surface area contributed by atoms with Crippen LogP contribution in [0.1, 0.15) is 11.1 Å². The summed E-state index contributed by atoms with van der Waals surface area (Å²) in [5.41, 5.74) is 4.31. The van der Waals surface area contributed by atoms with E-state index in [4.69, 9.17) is 10.6 Å². The number of benzene rings is 1. The van der Waals surface area contributed by atoms with Crippen molar-refractivity contribution in [3.8, 4) is 6.01 Å². The summed E-state index contributed by atoms with van der Waals surface area (Å²) in [4.78, 5) is 12.0. The number of aromatic nitrogens is 3. The molecule has 0 aliphatic heterocycles. The molecule has 4 N–H and O–H groups in total. The smallest absolute Gasteiger partial charge is 0.322 e. The highest BCUT2D eigenvalue weighted by molar-refractivity contribution is 5.35. The van der Waals surface area contributed by atoms with Crippen LogP contribution in [0.4, 0.5) is 16.3 Å². The number of nitrogen functional groups attached to an aromatic ring is 1. The number of rotatable bonds is 6. The van der Waals surface area contributed by atoms with Crippen LogP contribution in [0.3, 0.4) is 0 Å². The van der Waals surface area contributed by atoms with Crippen molar-refractivity contribution in [3.63, 3.8) is 0 Å². The molecule has 0 bridgehead atoms. The summed E-state index contributed by atoms with van der Waals surface area (Å²) in [7, 11) is 1.46. The number of hydrogen-bond donors (Lipinski definition) is 3. The number of methoxy groups -OCH3 is 1. The van der Waals surface area contributed by atoms with Crippen LogP contribution in [-0.4, -0.2) is 28.6 Å². The molecule has 2 aromatic rings. The SMILES string of the molecule is COc1nc(NN)nc(NCCc2ccc(F)cc2C)n1. The van der Waals surface area contributed by atoms with Gasteiger partial charge in [0.05, 0.1) is 7.11 Å². The molecule has 0 fully saturated rings. The number of hydrazine groups is 1. The van der Waals surface area contributed by atoms with E-state index in [0.717, 1.165) is 11.1 Å². The van der Waals surface area contributed by atoms with Crippen LogP contribution in [0.15, 0.2) is 18.2 Å². The zero-order chi connectivity index (χ0) is 15.2. The minimum atomic E-state index is -0.231. The van der Waals surface area contributed by atoms with Crippen molar-refractivity contribution in [2.75, 3.05) is 24.4 Å². The molecular formula is C13H17FN6O. The van der Waals surface area contributed by atoms with Crippen molar-refractivity contribution in [1.82, 2.24) is 15.0 Å². The fraction of sp³-hybridized carbons (Fsp3) is 0.308. The van der Waals surface area contributed by atoms with Gasteiger partial charge in [0.25, 0.3) is 0 Å². The minimum Gasteiger partial charge on any atom is -0.467 e. The van der Waals surface area contributed by atoms with E-state index < -0.39 is 0 Å². The summed E-state index contributed by atoms with van der Waals surface area (Å²) in [6.45, 7) is 2.46. The van der Waals surface area contributed by atoms with E-state index in [1.54, 1.807) is 6.07 Å². The molecule has 0 spiro atoms. The van der Waals surface area contributed by atoms with Crippen LogP contribution in [0.2, 0.25) is 0 Å². The molecule has 0 saturated heterocycles. The van der Waals surface area contributed by atoms with Crippen LogP contribution < -0.4 is 21.3 Å². The van der Waals surface area contributed by atoms with Crippen LogP contribution in [-0.2, 0) is 6.42 Å². The van der Waals surface area contributed by atoms with Gasteiger partial charge in [0.1, 0.15) is 5.82 Å². The van der Waals surface area contributed by atoms with Crippen molar-refractivity contribution < 1.29 is 9.13 Å². The molecule has 0 saturated carbocycles. The summed E-state index contributed by atoms with van der Waals surface area (Å²) in [5.74, 6) is 5.61. The zero-order valence-corrected chi connectivity index (χ0v) is 11.9. The third-order valence-electron chi connectivity index (χ3n) is 2.91. The number of halogens is 1. The zero-order valence-electron chi connectivity index (χ0n) is 11.9. The molecule has 21 heavy (non-hydrogen) atoms. The van der Waals surface area contributed by atoms with Crippen LogP contribution in [0.5, 0.6) is 6.01 Å². The number of aryl methyl sites for hydroxylation is 1. The van der Waals surface area contributed by atoms with Crippen molar-refractivity contribution in [2.45, 2.75) is 13.3 Å². The van der Waals surface area contributed by atoms with Crippen molar-refractivity contribution in [2.24, 2.45) is 5.84 Å². The van der Waals surface area contributed by atoms with Crippen LogP contribution >= 0.6 is 0 Å². The Labute approximate surface area is 121 Å². The van der Waals surface area contributed by atoms with Gasteiger partial charge in [-0.1, -0.05) is 6.07 Å². The molecule has 1 aromatic carbocycles. The number of nitrogens with one attached hydrogen (secondary N) is 2. The number of nitrogens with zero attached hydrogens (tertiary/aromatic N) is 3. The van der Waals surface area contributed by atoms with Gasteiger partial charge >= 0.3 is 6.01 Å². The second-order valence-corrected chi connectivity index (χ2v) is 4.36. The molecule has 0 atom stereocenters. The minimum absolute atomic E-state index is 0.165. The van der Waals surface area contributed by atoms with E-state index in [9.17, 15) is 4.39 Å². The van der Waals surface area contributed by atoms with Crippen LogP contribution in [0.25, 0.3) is 0 Å². The van der Waals surface area contributed by atoms with Crippen molar-refractivity contribution in [3.05, 3.63) is 35.1 Å². The maximum atomic E-state index is 13.0. The lowest BCUT2D eigenvalue weighted by Gasteiger charge is -2.09. The van der Waals surface area contributed by atoms with Gasteiger partial charge in [-0.05, 0) is 36.6 Å². The average Bonchev–Trinajstić information content (AvgIpc) is 2.49. The summed E-state index contributed by atoms with van der Waals surface area (Å²) in [5, 5.41) is 3.05. The third kappa shape index (κ3) is 3.99. The Bertz CT molecular complexity index is 599. The normalized spacial score (nSPS) is 10.3. The lowest BCUT2D eigenvalue weighted by atomic mass is 10.1.